The van der Waals surface area contributed by atoms with Crippen LogP contribution in [0.4, 0.5) is 0 Å². The van der Waals surface area contributed by atoms with Crippen LogP contribution in [0.25, 0.3) is 0 Å². The summed E-state index contributed by atoms with van der Waals surface area (Å²) in [4.78, 5) is 4.24. The molecule has 90 valence electrons. The first kappa shape index (κ1) is 12.4. The molecule has 0 amide bonds. The van der Waals surface area contributed by atoms with Gasteiger partial charge in [0.15, 0.2) is 0 Å². The summed E-state index contributed by atoms with van der Waals surface area (Å²) in [7, 11) is 0. The van der Waals surface area contributed by atoms with E-state index < -0.39 is 0 Å². The van der Waals surface area contributed by atoms with E-state index in [1.807, 2.05) is 23.6 Å². The van der Waals surface area contributed by atoms with Crippen molar-refractivity contribution in [1.29, 1.82) is 0 Å². The maximum atomic E-state index is 8.88. The highest BCUT2D eigenvalue weighted by molar-refractivity contribution is 7.09. The van der Waals surface area contributed by atoms with Gasteiger partial charge in [-0.15, -0.1) is 11.3 Å². The Bertz CT molecular complexity index is 487. The first-order valence-electron chi connectivity index (χ1n) is 5.20. The third-order valence-corrected chi connectivity index (χ3v) is 3.33. The minimum absolute atomic E-state index is 0.00828. The molecule has 3 nitrogen and oxygen atoms in total. The second kappa shape index (κ2) is 6.00. The van der Waals surface area contributed by atoms with Gasteiger partial charge < -0.3 is 9.84 Å². The quantitative estimate of drug-likeness (QED) is 0.908. The normalized spacial score (nSPS) is 10.5. The summed E-state index contributed by atoms with van der Waals surface area (Å²) in [5.41, 5.74) is 0.716. The molecule has 2 rings (SSSR count). The second-order valence-corrected chi connectivity index (χ2v) is 4.83. The van der Waals surface area contributed by atoms with Crippen molar-refractivity contribution in [3.05, 3.63) is 45.4 Å². The van der Waals surface area contributed by atoms with Crippen molar-refractivity contribution in [2.45, 2.75) is 13.0 Å². The molecule has 0 spiro atoms. The first-order chi connectivity index (χ1) is 8.28. The Labute approximate surface area is 109 Å². The Morgan fingerprint density at radius 1 is 1.41 bits per heavy atom. The number of aliphatic hydroxyl groups excluding tert-OH is 1. The lowest BCUT2D eigenvalue weighted by Gasteiger charge is -2.04. The summed E-state index contributed by atoms with van der Waals surface area (Å²) in [5.74, 6) is 0.761. The van der Waals surface area contributed by atoms with E-state index >= 15 is 0 Å². The van der Waals surface area contributed by atoms with E-state index in [4.69, 9.17) is 21.4 Å². The highest BCUT2D eigenvalue weighted by Crippen LogP contribution is 2.17. The zero-order valence-electron chi connectivity index (χ0n) is 9.10. The standard InChI is InChI=1S/C12H12ClNO2S/c13-9-2-1-3-11(6-9)16-5-4-12-14-10(7-15)8-17-12/h1-3,6,8,15H,4-5,7H2. The zero-order valence-corrected chi connectivity index (χ0v) is 10.7. The van der Waals surface area contributed by atoms with Crippen molar-refractivity contribution in [3.63, 3.8) is 0 Å². The van der Waals surface area contributed by atoms with Gasteiger partial charge in [-0.25, -0.2) is 4.98 Å². The molecule has 0 fully saturated rings. The maximum Gasteiger partial charge on any atom is 0.120 e. The number of halogens is 1. The number of benzene rings is 1. The third kappa shape index (κ3) is 3.70. The average molecular weight is 270 g/mol. The molecule has 2 aromatic rings. The van der Waals surface area contributed by atoms with Crippen LogP contribution in [0.1, 0.15) is 10.7 Å². The van der Waals surface area contributed by atoms with Crippen molar-refractivity contribution in [2.75, 3.05) is 6.61 Å². The van der Waals surface area contributed by atoms with E-state index in [2.05, 4.69) is 4.98 Å². The monoisotopic (exact) mass is 269 g/mol. The molecule has 0 aliphatic heterocycles. The summed E-state index contributed by atoms with van der Waals surface area (Å²) in [6, 6.07) is 7.31. The first-order valence-corrected chi connectivity index (χ1v) is 6.46. The van der Waals surface area contributed by atoms with Crippen LogP contribution in [0, 0.1) is 0 Å². The minimum Gasteiger partial charge on any atom is -0.493 e. The van der Waals surface area contributed by atoms with E-state index in [0.717, 1.165) is 17.2 Å². The van der Waals surface area contributed by atoms with Gasteiger partial charge in [-0.05, 0) is 18.2 Å². The molecule has 1 N–H and O–H groups in total. The molecule has 0 aliphatic carbocycles. The molecular formula is C12H12ClNO2S. The van der Waals surface area contributed by atoms with Gasteiger partial charge in [0.05, 0.1) is 23.9 Å². The summed E-state index contributed by atoms with van der Waals surface area (Å²) in [6.07, 6.45) is 0.733. The molecule has 1 aromatic carbocycles. The summed E-state index contributed by atoms with van der Waals surface area (Å²) >= 11 is 7.38. The Hall–Kier alpha value is -1.10. The van der Waals surface area contributed by atoms with Gasteiger partial charge in [-0.1, -0.05) is 17.7 Å². The predicted octanol–water partition coefficient (Wildman–Crippen LogP) is 2.91. The molecule has 0 radical (unpaired) electrons. The van der Waals surface area contributed by atoms with Crippen molar-refractivity contribution in [2.24, 2.45) is 0 Å². The fourth-order valence-corrected chi connectivity index (χ4v) is 2.30. The number of thiazole rings is 1. The largest absolute Gasteiger partial charge is 0.493 e. The molecule has 1 aromatic heterocycles. The van der Waals surface area contributed by atoms with E-state index in [9.17, 15) is 0 Å². The number of hydrogen-bond donors (Lipinski definition) is 1. The van der Waals surface area contributed by atoms with Crippen molar-refractivity contribution < 1.29 is 9.84 Å². The van der Waals surface area contributed by atoms with Crippen LogP contribution in [0.15, 0.2) is 29.6 Å². The Kier molecular flexibility index (Phi) is 4.36. The van der Waals surface area contributed by atoms with E-state index in [1.54, 1.807) is 6.07 Å². The molecule has 0 atom stereocenters. The Balaban J connectivity index is 1.83. The van der Waals surface area contributed by atoms with Gasteiger partial charge in [-0.2, -0.15) is 0 Å². The van der Waals surface area contributed by atoms with Gasteiger partial charge in [0.1, 0.15) is 5.75 Å². The fourth-order valence-electron chi connectivity index (χ4n) is 1.35. The smallest absolute Gasteiger partial charge is 0.120 e. The SMILES string of the molecule is OCc1csc(CCOc2cccc(Cl)c2)n1. The Morgan fingerprint density at radius 2 is 2.29 bits per heavy atom. The van der Waals surface area contributed by atoms with Gasteiger partial charge >= 0.3 is 0 Å². The molecule has 0 unspecified atom stereocenters. The van der Waals surface area contributed by atoms with Crippen molar-refractivity contribution in [3.8, 4) is 5.75 Å². The van der Waals surface area contributed by atoms with Crippen LogP contribution in [-0.4, -0.2) is 16.7 Å². The van der Waals surface area contributed by atoms with E-state index in [0.29, 0.717) is 17.3 Å². The molecular weight excluding hydrogens is 258 g/mol. The number of hydrogen-bond acceptors (Lipinski definition) is 4. The third-order valence-electron chi connectivity index (χ3n) is 2.14. The van der Waals surface area contributed by atoms with Crippen molar-refractivity contribution in [1.82, 2.24) is 4.98 Å². The van der Waals surface area contributed by atoms with Crippen LogP contribution < -0.4 is 4.74 Å². The Morgan fingerprint density at radius 3 is 3.00 bits per heavy atom. The van der Waals surface area contributed by atoms with Gasteiger partial charge in [0, 0.05) is 16.8 Å². The molecule has 1 heterocycles. The van der Waals surface area contributed by atoms with Gasteiger partial charge in [0.25, 0.3) is 0 Å². The van der Waals surface area contributed by atoms with Crippen LogP contribution >= 0.6 is 22.9 Å². The highest BCUT2D eigenvalue weighted by Gasteiger charge is 2.01. The number of aliphatic hydroxyl groups is 1. The highest BCUT2D eigenvalue weighted by atomic mass is 35.5. The number of aromatic nitrogens is 1. The molecule has 5 heteroatoms. The number of rotatable bonds is 5. The lowest BCUT2D eigenvalue weighted by Crippen LogP contribution is -2.01. The van der Waals surface area contributed by atoms with Gasteiger partial charge in [-0.3, -0.25) is 0 Å². The molecule has 17 heavy (non-hydrogen) atoms. The van der Waals surface area contributed by atoms with E-state index in [1.165, 1.54) is 11.3 Å². The van der Waals surface area contributed by atoms with Crippen LogP contribution in [0.5, 0.6) is 5.75 Å². The predicted molar refractivity (Wildman–Crippen MR) is 68.7 cm³/mol. The van der Waals surface area contributed by atoms with Crippen LogP contribution in [0.2, 0.25) is 5.02 Å². The van der Waals surface area contributed by atoms with E-state index in [-0.39, 0.29) is 6.61 Å². The molecule has 0 aliphatic rings. The molecule has 0 saturated heterocycles. The van der Waals surface area contributed by atoms with Crippen LogP contribution in [-0.2, 0) is 13.0 Å². The fraction of sp³-hybridized carbons (Fsp3) is 0.250. The van der Waals surface area contributed by atoms with Gasteiger partial charge in [0.2, 0.25) is 0 Å². The lowest BCUT2D eigenvalue weighted by molar-refractivity contribution is 0.277. The number of nitrogens with zero attached hydrogens (tertiary/aromatic N) is 1. The number of ether oxygens (including phenoxy) is 1. The second-order valence-electron chi connectivity index (χ2n) is 3.45. The van der Waals surface area contributed by atoms with Crippen molar-refractivity contribution >= 4 is 22.9 Å². The summed E-state index contributed by atoms with van der Waals surface area (Å²) in [6.45, 7) is 0.546. The maximum absolute atomic E-state index is 8.88. The molecule has 0 bridgehead atoms. The summed E-state index contributed by atoms with van der Waals surface area (Å²) < 4.78 is 5.55. The lowest BCUT2D eigenvalue weighted by atomic mass is 10.3. The average Bonchev–Trinajstić information content (AvgIpc) is 2.77. The molecule has 0 saturated carbocycles. The van der Waals surface area contributed by atoms with Crippen LogP contribution in [0.3, 0.4) is 0 Å². The topological polar surface area (TPSA) is 42.4 Å². The minimum atomic E-state index is -0.00828. The summed E-state index contributed by atoms with van der Waals surface area (Å²) in [5, 5.41) is 12.4. The zero-order chi connectivity index (χ0) is 12.1.